The van der Waals surface area contributed by atoms with Gasteiger partial charge in [-0.05, 0) is 6.07 Å². The Morgan fingerprint density at radius 2 is 2.17 bits per heavy atom. The summed E-state index contributed by atoms with van der Waals surface area (Å²) in [6.07, 6.45) is 0.984. The molecule has 0 fully saturated rings. The Bertz CT molecular complexity index is 320. The number of hydrogen-bond donors (Lipinski definition) is 1. The smallest absolute Gasteiger partial charge is 0.0692 e. The zero-order chi connectivity index (χ0) is 8.39. The largest absolute Gasteiger partial charge is 0.323 e. The summed E-state index contributed by atoms with van der Waals surface area (Å²) in [5.74, 6) is 6.39. The lowest BCUT2D eigenvalue weighted by molar-refractivity contribution is 1.15. The molecular weight excluding hydrogens is 168 g/mol. The minimum Gasteiger partial charge on any atom is -0.323 e. The monoisotopic (exact) mass is 178 g/mol. The number of hydrazone groups is 1. The van der Waals surface area contributed by atoms with Crippen molar-refractivity contribution in [3.63, 3.8) is 0 Å². The average Bonchev–Trinajstić information content (AvgIpc) is 2.17. The van der Waals surface area contributed by atoms with Crippen LogP contribution in [0.1, 0.15) is 12.0 Å². The topological polar surface area (TPSA) is 38.4 Å². The molecule has 3 heteroatoms. The molecule has 0 saturated carbocycles. The maximum absolute atomic E-state index is 5.30. The van der Waals surface area contributed by atoms with Crippen molar-refractivity contribution >= 4 is 17.5 Å². The van der Waals surface area contributed by atoms with E-state index in [0.717, 1.165) is 17.9 Å². The number of fused-ring (bicyclic) bond motifs is 1. The Morgan fingerprint density at radius 1 is 1.33 bits per heavy atom. The molecule has 1 aromatic carbocycles. The number of nitrogens with two attached hydrogens (primary N) is 1. The molecule has 0 bridgehead atoms. The van der Waals surface area contributed by atoms with Crippen molar-refractivity contribution in [2.75, 3.05) is 5.75 Å². The van der Waals surface area contributed by atoms with E-state index in [9.17, 15) is 0 Å². The normalized spacial score (nSPS) is 19.2. The Labute approximate surface area is 75.8 Å². The fourth-order valence-electron chi connectivity index (χ4n) is 1.36. The first-order chi connectivity index (χ1) is 5.92. The third kappa shape index (κ3) is 1.20. The highest BCUT2D eigenvalue weighted by Crippen LogP contribution is 2.29. The highest BCUT2D eigenvalue weighted by Gasteiger charge is 2.14. The van der Waals surface area contributed by atoms with E-state index in [1.807, 2.05) is 23.9 Å². The van der Waals surface area contributed by atoms with E-state index < -0.39 is 0 Å². The van der Waals surface area contributed by atoms with Crippen molar-refractivity contribution in [3.05, 3.63) is 29.8 Å². The number of nitrogens with zero attached hydrogens (tertiary/aromatic N) is 1. The summed E-state index contributed by atoms with van der Waals surface area (Å²) in [5.41, 5.74) is 2.24. The molecule has 0 amide bonds. The van der Waals surface area contributed by atoms with Crippen molar-refractivity contribution < 1.29 is 0 Å². The van der Waals surface area contributed by atoms with Gasteiger partial charge < -0.3 is 5.84 Å². The first-order valence-corrected chi connectivity index (χ1v) is 4.89. The molecule has 2 nitrogen and oxygen atoms in total. The van der Waals surface area contributed by atoms with Gasteiger partial charge in [0.1, 0.15) is 0 Å². The molecule has 0 unspecified atom stereocenters. The molecule has 0 atom stereocenters. The Hall–Kier alpha value is -0.960. The predicted molar refractivity (Wildman–Crippen MR) is 52.5 cm³/mol. The fourth-order valence-corrected chi connectivity index (χ4v) is 2.39. The van der Waals surface area contributed by atoms with E-state index in [1.54, 1.807) is 0 Å². The lowest BCUT2D eigenvalue weighted by atomic mass is 10.1. The summed E-state index contributed by atoms with van der Waals surface area (Å²) >= 11 is 1.87. The van der Waals surface area contributed by atoms with Gasteiger partial charge in [0, 0.05) is 22.6 Å². The second kappa shape index (κ2) is 3.19. The lowest BCUT2D eigenvalue weighted by Crippen LogP contribution is -2.11. The van der Waals surface area contributed by atoms with Crippen molar-refractivity contribution in [1.29, 1.82) is 0 Å². The summed E-state index contributed by atoms with van der Waals surface area (Å²) < 4.78 is 0. The number of hydrogen-bond acceptors (Lipinski definition) is 3. The van der Waals surface area contributed by atoms with Crippen LogP contribution in [-0.4, -0.2) is 11.5 Å². The van der Waals surface area contributed by atoms with Gasteiger partial charge in [0.25, 0.3) is 0 Å². The van der Waals surface area contributed by atoms with Crippen LogP contribution in [0.25, 0.3) is 0 Å². The van der Waals surface area contributed by atoms with Crippen LogP contribution in [0.3, 0.4) is 0 Å². The van der Waals surface area contributed by atoms with Gasteiger partial charge in [-0.3, -0.25) is 0 Å². The molecule has 1 aliphatic rings. The van der Waals surface area contributed by atoms with Crippen LogP contribution < -0.4 is 5.84 Å². The van der Waals surface area contributed by atoms with Crippen LogP contribution in [0.15, 0.2) is 34.3 Å². The zero-order valence-electron chi connectivity index (χ0n) is 6.66. The van der Waals surface area contributed by atoms with Gasteiger partial charge in [-0.15, -0.1) is 11.8 Å². The van der Waals surface area contributed by atoms with Gasteiger partial charge >= 0.3 is 0 Å². The van der Waals surface area contributed by atoms with E-state index in [1.165, 1.54) is 10.5 Å². The van der Waals surface area contributed by atoms with Gasteiger partial charge in [0.2, 0.25) is 0 Å². The number of benzene rings is 1. The summed E-state index contributed by atoms with van der Waals surface area (Å²) in [5, 5.41) is 3.79. The number of thioether (sulfide) groups is 1. The summed E-state index contributed by atoms with van der Waals surface area (Å²) in [4.78, 5) is 1.30. The highest BCUT2D eigenvalue weighted by atomic mass is 32.2. The highest BCUT2D eigenvalue weighted by molar-refractivity contribution is 7.99. The minimum atomic E-state index is 0.984. The maximum atomic E-state index is 5.30. The van der Waals surface area contributed by atoms with Gasteiger partial charge in [-0.2, -0.15) is 5.10 Å². The van der Waals surface area contributed by atoms with Crippen LogP contribution in [0, 0.1) is 0 Å². The van der Waals surface area contributed by atoms with E-state index in [4.69, 9.17) is 5.84 Å². The van der Waals surface area contributed by atoms with Gasteiger partial charge in [0.05, 0.1) is 5.71 Å². The summed E-state index contributed by atoms with van der Waals surface area (Å²) in [6.45, 7) is 0. The van der Waals surface area contributed by atoms with Crippen molar-refractivity contribution in [2.24, 2.45) is 10.9 Å². The molecule has 2 rings (SSSR count). The molecule has 12 heavy (non-hydrogen) atoms. The summed E-state index contributed by atoms with van der Waals surface area (Å²) in [7, 11) is 0. The first kappa shape index (κ1) is 7.68. The molecule has 0 aliphatic carbocycles. The van der Waals surface area contributed by atoms with Crippen LogP contribution in [0.5, 0.6) is 0 Å². The van der Waals surface area contributed by atoms with E-state index >= 15 is 0 Å². The molecule has 1 aliphatic heterocycles. The lowest BCUT2D eigenvalue weighted by Gasteiger charge is -2.15. The van der Waals surface area contributed by atoms with Crippen LogP contribution >= 0.6 is 11.8 Å². The zero-order valence-corrected chi connectivity index (χ0v) is 7.47. The standard InChI is InChI=1S/C9H10N2S/c10-11-8-5-6-12-9-4-2-1-3-7(8)9/h1-4H,5-6,10H2/b11-8+. The second-order valence-corrected chi connectivity index (χ2v) is 3.81. The minimum absolute atomic E-state index is 0.984. The van der Waals surface area contributed by atoms with Crippen molar-refractivity contribution in [2.45, 2.75) is 11.3 Å². The molecule has 0 saturated heterocycles. The average molecular weight is 178 g/mol. The first-order valence-electron chi connectivity index (χ1n) is 3.91. The van der Waals surface area contributed by atoms with Crippen LogP contribution in [0.2, 0.25) is 0 Å². The van der Waals surface area contributed by atoms with E-state index in [-0.39, 0.29) is 0 Å². The van der Waals surface area contributed by atoms with Gasteiger partial charge in [-0.25, -0.2) is 0 Å². The molecule has 0 aromatic heterocycles. The number of rotatable bonds is 0. The molecular formula is C9H10N2S. The summed E-state index contributed by atoms with van der Waals surface area (Å²) in [6, 6.07) is 8.26. The maximum Gasteiger partial charge on any atom is 0.0692 e. The van der Waals surface area contributed by atoms with Crippen LogP contribution in [-0.2, 0) is 0 Å². The fraction of sp³-hybridized carbons (Fsp3) is 0.222. The molecule has 0 spiro atoms. The van der Waals surface area contributed by atoms with Crippen LogP contribution in [0.4, 0.5) is 0 Å². The molecule has 62 valence electrons. The molecule has 1 aromatic rings. The van der Waals surface area contributed by atoms with Gasteiger partial charge in [0.15, 0.2) is 0 Å². The predicted octanol–water partition coefficient (Wildman–Crippen LogP) is 1.85. The third-order valence-electron chi connectivity index (χ3n) is 1.95. The van der Waals surface area contributed by atoms with Crippen molar-refractivity contribution in [3.8, 4) is 0 Å². The SMILES string of the molecule is N/N=C1\CCSc2ccccc21. The second-order valence-electron chi connectivity index (χ2n) is 2.67. The van der Waals surface area contributed by atoms with E-state index in [0.29, 0.717) is 0 Å². The molecule has 2 N–H and O–H groups in total. The Balaban J connectivity index is 2.51. The third-order valence-corrected chi connectivity index (χ3v) is 3.03. The quantitative estimate of drug-likeness (QED) is 0.486. The molecule has 0 radical (unpaired) electrons. The Morgan fingerprint density at radius 3 is 3.00 bits per heavy atom. The van der Waals surface area contributed by atoms with E-state index in [2.05, 4.69) is 17.2 Å². The molecule has 1 heterocycles. The Kier molecular flexibility index (Phi) is 2.04. The van der Waals surface area contributed by atoms with Crippen molar-refractivity contribution in [1.82, 2.24) is 0 Å². The van der Waals surface area contributed by atoms with Gasteiger partial charge in [-0.1, -0.05) is 18.2 Å².